The third kappa shape index (κ3) is 3.27. The highest BCUT2D eigenvalue weighted by atomic mass is 35.5. The van der Waals surface area contributed by atoms with E-state index >= 15 is 0 Å². The van der Waals surface area contributed by atoms with Crippen LogP contribution in [0.3, 0.4) is 0 Å². The molecule has 0 N–H and O–H groups in total. The van der Waals surface area contributed by atoms with Crippen molar-refractivity contribution >= 4 is 17.5 Å². The van der Waals surface area contributed by atoms with Gasteiger partial charge < -0.3 is 4.90 Å². The van der Waals surface area contributed by atoms with Gasteiger partial charge in [0.1, 0.15) is 5.15 Å². The summed E-state index contributed by atoms with van der Waals surface area (Å²) < 4.78 is 0. The van der Waals surface area contributed by atoms with Gasteiger partial charge in [-0.1, -0.05) is 25.4 Å². The fourth-order valence-electron chi connectivity index (χ4n) is 2.71. The molecule has 19 heavy (non-hydrogen) atoms. The van der Waals surface area contributed by atoms with Crippen molar-refractivity contribution in [2.45, 2.75) is 52.0 Å². The molecule has 0 aliphatic carbocycles. The molecule has 1 aromatic heterocycles. The fraction of sp³-hybridized carbons (Fsp3) is 0.600. The number of piperidine rings is 1. The molecule has 3 nitrogen and oxygen atoms in total. The molecule has 0 spiro atoms. The molecule has 1 unspecified atom stereocenters. The van der Waals surface area contributed by atoms with Crippen LogP contribution in [0.25, 0.3) is 0 Å². The predicted molar refractivity (Wildman–Crippen MR) is 77.6 cm³/mol. The molecule has 1 amide bonds. The second kappa shape index (κ2) is 6.38. The largest absolute Gasteiger partial charge is 0.336 e. The van der Waals surface area contributed by atoms with Crippen LogP contribution in [-0.2, 0) is 6.42 Å². The Morgan fingerprint density at radius 3 is 2.89 bits per heavy atom. The molecule has 0 aromatic carbocycles. The summed E-state index contributed by atoms with van der Waals surface area (Å²) in [6.45, 7) is 5.02. The van der Waals surface area contributed by atoms with Crippen molar-refractivity contribution in [3.63, 3.8) is 0 Å². The van der Waals surface area contributed by atoms with Gasteiger partial charge in [0.05, 0.1) is 0 Å². The van der Waals surface area contributed by atoms with Crippen LogP contribution in [0, 0.1) is 0 Å². The highest BCUT2D eigenvalue weighted by Crippen LogP contribution is 2.23. The monoisotopic (exact) mass is 280 g/mol. The van der Waals surface area contributed by atoms with E-state index in [2.05, 4.69) is 11.9 Å². The summed E-state index contributed by atoms with van der Waals surface area (Å²) in [4.78, 5) is 18.9. The Balaban J connectivity index is 2.24. The number of pyridine rings is 1. The Morgan fingerprint density at radius 1 is 1.42 bits per heavy atom. The Bertz CT molecular complexity index is 461. The normalized spacial score (nSPS) is 19.5. The summed E-state index contributed by atoms with van der Waals surface area (Å²) in [5.41, 5.74) is 1.55. The van der Waals surface area contributed by atoms with E-state index in [1.807, 2.05) is 17.9 Å². The molecule has 0 bridgehead atoms. The summed E-state index contributed by atoms with van der Waals surface area (Å²) in [5, 5.41) is 0.410. The van der Waals surface area contributed by atoms with Crippen molar-refractivity contribution in [2.24, 2.45) is 0 Å². The molecular formula is C15H21ClN2O. The summed E-state index contributed by atoms with van der Waals surface area (Å²) in [6, 6.07) is 3.93. The van der Waals surface area contributed by atoms with E-state index in [9.17, 15) is 4.79 Å². The molecule has 1 atom stereocenters. The number of carbonyl (C=O) groups is 1. The zero-order valence-electron chi connectivity index (χ0n) is 11.7. The lowest BCUT2D eigenvalue weighted by atomic mass is 9.99. The SMILES string of the molecule is CCc1cc(C(=O)N2CCCCC2CC)cc(Cl)n1. The average molecular weight is 281 g/mol. The maximum absolute atomic E-state index is 12.6. The first-order valence-electron chi connectivity index (χ1n) is 7.13. The zero-order chi connectivity index (χ0) is 13.8. The third-order valence-electron chi connectivity index (χ3n) is 3.82. The van der Waals surface area contributed by atoms with Gasteiger partial charge in [-0.3, -0.25) is 4.79 Å². The Hall–Kier alpha value is -1.09. The fourth-order valence-corrected chi connectivity index (χ4v) is 2.94. The predicted octanol–water partition coefficient (Wildman–Crippen LogP) is 3.70. The number of halogens is 1. The molecule has 0 saturated carbocycles. The minimum absolute atomic E-state index is 0.102. The van der Waals surface area contributed by atoms with Gasteiger partial charge in [0, 0.05) is 23.8 Å². The lowest BCUT2D eigenvalue weighted by molar-refractivity contribution is 0.0608. The van der Waals surface area contributed by atoms with Crippen molar-refractivity contribution in [1.29, 1.82) is 0 Å². The van der Waals surface area contributed by atoms with E-state index < -0.39 is 0 Å². The Labute approximate surface area is 120 Å². The van der Waals surface area contributed by atoms with Gasteiger partial charge >= 0.3 is 0 Å². The standard InChI is InChI=1S/C15H21ClN2O/c1-3-12-9-11(10-14(16)17-12)15(19)18-8-6-5-7-13(18)4-2/h9-10,13H,3-8H2,1-2H3. The van der Waals surface area contributed by atoms with Gasteiger partial charge in [0.2, 0.25) is 0 Å². The van der Waals surface area contributed by atoms with Gasteiger partial charge in [-0.25, -0.2) is 4.98 Å². The first-order chi connectivity index (χ1) is 9.15. The minimum atomic E-state index is 0.102. The molecule has 104 valence electrons. The summed E-state index contributed by atoms with van der Waals surface area (Å²) in [5.74, 6) is 0.102. The van der Waals surface area contributed by atoms with Gasteiger partial charge in [-0.2, -0.15) is 0 Å². The molecular weight excluding hydrogens is 260 g/mol. The average Bonchev–Trinajstić information content (AvgIpc) is 2.45. The molecule has 2 heterocycles. The highest BCUT2D eigenvalue weighted by Gasteiger charge is 2.26. The number of rotatable bonds is 3. The van der Waals surface area contributed by atoms with Crippen molar-refractivity contribution in [3.8, 4) is 0 Å². The van der Waals surface area contributed by atoms with Gasteiger partial charge in [-0.15, -0.1) is 0 Å². The topological polar surface area (TPSA) is 33.2 Å². The van der Waals surface area contributed by atoms with Crippen LogP contribution in [0.4, 0.5) is 0 Å². The van der Waals surface area contributed by atoms with Gasteiger partial charge in [0.15, 0.2) is 0 Å². The zero-order valence-corrected chi connectivity index (χ0v) is 12.4. The van der Waals surface area contributed by atoms with E-state index in [1.165, 1.54) is 6.42 Å². The Morgan fingerprint density at radius 2 is 2.21 bits per heavy atom. The van der Waals surface area contributed by atoms with Crippen LogP contribution in [0.5, 0.6) is 0 Å². The first kappa shape index (κ1) is 14.3. The summed E-state index contributed by atoms with van der Waals surface area (Å²) in [6.07, 6.45) is 5.24. The lowest BCUT2D eigenvalue weighted by Gasteiger charge is -2.35. The first-order valence-corrected chi connectivity index (χ1v) is 7.51. The summed E-state index contributed by atoms with van der Waals surface area (Å²) >= 11 is 6.00. The number of nitrogens with zero attached hydrogens (tertiary/aromatic N) is 2. The van der Waals surface area contributed by atoms with Gasteiger partial charge in [-0.05, 0) is 44.2 Å². The number of carbonyl (C=O) groups excluding carboxylic acids is 1. The number of hydrogen-bond acceptors (Lipinski definition) is 2. The second-order valence-electron chi connectivity index (χ2n) is 5.08. The van der Waals surface area contributed by atoms with Gasteiger partial charge in [0.25, 0.3) is 5.91 Å². The second-order valence-corrected chi connectivity index (χ2v) is 5.47. The molecule has 1 saturated heterocycles. The molecule has 1 aromatic rings. The maximum Gasteiger partial charge on any atom is 0.254 e. The summed E-state index contributed by atoms with van der Waals surface area (Å²) in [7, 11) is 0. The molecule has 0 radical (unpaired) electrons. The van der Waals surface area contributed by atoms with Crippen LogP contribution in [-0.4, -0.2) is 28.4 Å². The highest BCUT2D eigenvalue weighted by molar-refractivity contribution is 6.29. The number of hydrogen-bond donors (Lipinski definition) is 0. The smallest absolute Gasteiger partial charge is 0.254 e. The number of amides is 1. The molecule has 4 heteroatoms. The quantitative estimate of drug-likeness (QED) is 0.791. The van der Waals surface area contributed by atoms with Crippen LogP contribution in [0.15, 0.2) is 12.1 Å². The van der Waals surface area contributed by atoms with Crippen LogP contribution < -0.4 is 0 Å². The van der Waals surface area contributed by atoms with Crippen molar-refractivity contribution < 1.29 is 4.79 Å². The van der Waals surface area contributed by atoms with E-state index in [0.29, 0.717) is 16.8 Å². The molecule has 1 aliphatic rings. The van der Waals surface area contributed by atoms with E-state index in [-0.39, 0.29) is 5.91 Å². The number of aromatic nitrogens is 1. The molecule has 1 fully saturated rings. The van der Waals surface area contributed by atoms with E-state index in [1.54, 1.807) is 6.07 Å². The van der Waals surface area contributed by atoms with E-state index in [0.717, 1.165) is 37.9 Å². The number of likely N-dealkylation sites (tertiary alicyclic amines) is 1. The molecule has 1 aliphatic heterocycles. The third-order valence-corrected chi connectivity index (χ3v) is 4.01. The number of aryl methyl sites for hydroxylation is 1. The van der Waals surface area contributed by atoms with Crippen molar-refractivity contribution in [2.75, 3.05) is 6.54 Å². The lowest BCUT2D eigenvalue weighted by Crippen LogP contribution is -2.43. The molecule has 2 rings (SSSR count). The van der Waals surface area contributed by atoms with Crippen molar-refractivity contribution in [1.82, 2.24) is 9.88 Å². The minimum Gasteiger partial charge on any atom is -0.336 e. The van der Waals surface area contributed by atoms with Crippen LogP contribution in [0.1, 0.15) is 55.6 Å². The maximum atomic E-state index is 12.6. The van der Waals surface area contributed by atoms with Crippen LogP contribution in [0.2, 0.25) is 5.15 Å². The van der Waals surface area contributed by atoms with E-state index in [4.69, 9.17) is 11.6 Å². The van der Waals surface area contributed by atoms with Crippen LogP contribution >= 0.6 is 11.6 Å². The Kier molecular flexibility index (Phi) is 4.81. The van der Waals surface area contributed by atoms with Crippen molar-refractivity contribution in [3.05, 3.63) is 28.5 Å².